The number of rotatable bonds is 7. The number of halogens is 2. The lowest BCUT2D eigenvalue weighted by Gasteiger charge is -2.09. The second-order valence-corrected chi connectivity index (χ2v) is 3.34. The third-order valence-corrected chi connectivity index (χ3v) is 1.95. The van der Waals surface area contributed by atoms with Crippen molar-refractivity contribution in [3.05, 3.63) is 17.7 Å². The van der Waals surface area contributed by atoms with Gasteiger partial charge in [0.05, 0.1) is 6.61 Å². The molecule has 0 radical (unpaired) electrons. The van der Waals surface area contributed by atoms with Gasteiger partial charge in [-0.15, -0.1) is 0 Å². The molecule has 0 fully saturated rings. The predicted octanol–water partition coefficient (Wildman–Crippen LogP) is 0.315. The van der Waals surface area contributed by atoms with Gasteiger partial charge in [-0.05, 0) is 0 Å². The van der Waals surface area contributed by atoms with Crippen LogP contribution in [-0.4, -0.2) is 37.7 Å². The summed E-state index contributed by atoms with van der Waals surface area (Å²) in [6.45, 7) is 0.158. The van der Waals surface area contributed by atoms with Gasteiger partial charge in [-0.2, -0.15) is 0 Å². The molecule has 0 spiro atoms. The summed E-state index contributed by atoms with van der Waals surface area (Å²) in [6.07, 6.45) is 0. The molecule has 0 aliphatic carbocycles. The molecule has 0 saturated carbocycles. The average molecular weight is 260 g/mol. The van der Waals surface area contributed by atoms with Crippen molar-refractivity contribution in [1.29, 1.82) is 0 Å². The zero-order valence-corrected chi connectivity index (χ0v) is 9.80. The number of anilines is 2. The van der Waals surface area contributed by atoms with Crippen LogP contribution in [0.2, 0.25) is 0 Å². The van der Waals surface area contributed by atoms with Crippen LogP contribution in [0.25, 0.3) is 0 Å². The van der Waals surface area contributed by atoms with Gasteiger partial charge in [0.2, 0.25) is 5.91 Å². The molecule has 1 heterocycles. The number of nitrogens with one attached hydrogen (secondary N) is 2. The van der Waals surface area contributed by atoms with Crippen molar-refractivity contribution in [3.63, 3.8) is 0 Å². The van der Waals surface area contributed by atoms with Crippen LogP contribution in [0.4, 0.5) is 20.4 Å². The number of ether oxygens (including phenoxy) is 1. The van der Waals surface area contributed by atoms with Crippen LogP contribution in [-0.2, 0) is 9.53 Å². The third kappa shape index (κ3) is 4.13. The average Bonchev–Trinajstić information content (AvgIpc) is 2.30. The summed E-state index contributed by atoms with van der Waals surface area (Å²) in [5.41, 5.74) is 4.86. The lowest BCUT2D eigenvalue weighted by Crippen LogP contribution is -2.21. The highest BCUT2D eigenvalue weighted by Gasteiger charge is 2.10. The molecule has 1 aromatic rings. The molecule has 1 rings (SSSR count). The monoisotopic (exact) mass is 260 g/mol. The third-order valence-electron chi connectivity index (χ3n) is 1.95. The summed E-state index contributed by atoms with van der Waals surface area (Å²) < 4.78 is 31.3. The predicted molar refractivity (Wildman–Crippen MR) is 62.2 cm³/mol. The second-order valence-electron chi connectivity index (χ2n) is 3.34. The van der Waals surface area contributed by atoms with E-state index in [1.807, 2.05) is 0 Å². The summed E-state index contributed by atoms with van der Waals surface area (Å²) in [7, 11) is 1.48. The first-order valence-electron chi connectivity index (χ1n) is 5.18. The summed E-state index contributed by atoms with van der Waals surface area (Å²) >= 11 is 0. The van der Waals surface area contributed by atoms with Crippen molar-refractivity contribution < 1.29 is 18.3 Å². The van der Waals surface area contributed by atoms with E-state index in [0.717, 1.165) is 6.07 Å². The number of carbonyl (C=O) groups is 1. The molecule has 0 aliphatic rings. The first kappa shape index (κ1) is 14.1. The number of hydrogen-bond donors (Lipinski definition) is 3. The van der Waals surface area contributed by atoms with E-state index in [1.54, 1.807) is 0 Å². The molecular weight excluding hydrogens is 246 g/mol. The smallest absolute Gasteiger partial charge is 0.243 e. The molecule has 1 aromatic heterocycles. The minimum atomic E-state index is -0.804. The summed E-state index contributed by atoms with van der Waals surface area (Å²) in [5.74, 6) is -2.31. The minimum absolute atomic E-state index is 0.0584. The highest BCUT2D eigenvalue weighted by molar-refractivity contribution is 5.74. The van der Waals surface area contributed by atoms with Gasteiger partial charge in [0, 0.05) is 19.7 Å². The fourth-order valence-corrected chi connectivity index (χ4v) is 1.18. The number of nitrogens with two attached hydrogens (primary N) is 1. The van der Waals surface area contributed by atoms with Crippen molar-refractivity contribution in [1.82, 2.24) is 4.98 Å². The van der Waals surface area contributed by atoms with E-state index in [1.165, 1.54) is 7.05 Å². The van der Waals surface area contributed by atoms with Gasteiger partial charge in [-0.25, -0.2) is 13.8 Å². The molecule has 1 amide bonds. The van der Waals surface area contributed by atoms with Gasteiger partial charge < -0.3 is 21.1 Å². The zero-order chi connectivity index (χ0) is 13.5. The van der Waals surface area contributed by atoms with Crippen molar-refractivity contribution in [2.24, 2.45) is 5.73 Å². The van der Waals surface area contributed by atoms with Crippen molar-refractivity contribution in [2.45, 2.75) is 0 Å². The van der Waals surface area contributed by atoms with Crippen molar-refractivity contribution >= 4 is 17.5 Å². The summed E-state index contributed by atoms with van der Waals surface area (Å²) in [6, 6.07) is 0.728. The number of pyridine rings is 1. The fraction of sp³-hybridized carbons (Fsp3) is 0.400. The molecule has 0 atom stereocenters. The molecule has 0 unspecified atom stereocenters. The molecule has 0 aliphatic heterocycles. The van der Waals surface area contributed by atoms with Crippen molar-refractivity contribution in [2.75, 3.05) is 37.4 Å². The zero-order valence-electron chi connectivity index (χ0n) is 9.80. The Morgan fingerprint density at radius 1 is 1.44 bits per heavy atom. The Kier molecular flexibility index (Phi) is 5.25. The maximum Gasteiger partial charge on any atom is 0.243 e. The van der Waals surface area contributed by atoms with Crippen LogP contribution in [0.15, 0.2) is 6.07 Å². The second kappa shape index (κ2) is 6.70. The Balaban J connectivity index is 2.49. The number of carbonyl (C=O) groups excluding carboxylic acids is 1. The van der Waals surface area contributed by atoms with Crippen LogP contribution in [0.3, 0.4) is 0 Å². The maximum atomic E-state index is 13.3. The van der Waals surface area contributed by atoms with Crippen molar-refractivity contribution in [3.8, 4) is 0 Å². The number of aromatic nitrogens is 1. The summed E-state index contributed by atoms with van der Waals surface area (Å²) in [4.78, 5) is 14.1. The van der Waals surface area contributed by atoms with Gasteiger partial charge in [0.15, 0.2) is 23.3 Å². The van der Waals surface area contributed by atoms with Gasteiger partial charge >= 0.3 is 0 Å². The highest BCUT2D eigenvalue weighted by Crippen LogP contribution is 2.18. The lowest BCUT2D eigenvalue weighted by atomic mass is 10.4. The van der Waals surface area contributed by atoms with Crippen LogP contribution >= 0.6 is 0 Å². The Morgan fingerprint density at radius 2 is 2.11 bits per heavy atom. The maximum absolute atomic E-state index is 13.3. The quantitative estimate of drug-likeness (QED) is 0.614. The van der Waals surface area contributed by atoms with Crippen LogP contribution in [0, 0.1) is 11.6 Å². The lowest BCUT2D eigenvalue weighted by molar-refractivity contribution is -0.122. The fourth-order valence-electron chi connectivity index (χ4n) is 1.18. The first-order valence-corrected chi connectivity index (χ1v) is 5.18. The van der Waals surface area contributed by atoms with Gasteiger partial charge in [0.1, 0.15) is 6.61 Å². The highest BCUT2D eigenvalue weighted by atomic mass is 19.1. The van der Waals surface area contributed by atoms with E-state index in [2.05, 4.69) is 15.6 Å². The van der Waals surface area contributed by atoms with Crippen LogP contribution in [0.5, 0.6) is 0 Å². The number of hydrogen-bond acceptors (Lipinski definition) is 5. The van der Waals surface area contributed by atoms with E-state index in [4.69, 9.17) is 10.5 Å². The molecule has 8 heteroatoms. The topological polar surface area (TPSA) is 89.3 Å². The molecule has 4 N–H and O–H groups in total. The van der Waals surface area contributed by atoms with E-state index >= 15 is 0 Å². The van der Waals surface area contributed by atoms with E-state index in [9.17, 15) is 13.6 Å². The molecule has 6 nitrogen and oxygen atoms in total. The van der Waals surface area contributed by atoms with E-state index in [0.29, 0.717) is 0 Å². The Hall–Kier alpha value is -1.96. The Morgan fingerprint density at radius 3 is 2.72 bits per heavy atom. The van der Waals surface area contributed by atoms with Crippen LogP contribution in [0.1, 0.15) is 0 Å². The van der Waals surface area contributed by atoms with Gasteiger partial charge in [-0.1, -0.05) is 0 Å². The number of nitrogens with zero attached hydrogens (tertiary/aromatic N) is 1. The summed E-state index contributed by atoms with van der Waals surface area (Å²) in [5, 5.41) is 5.11. The largest absolute Gasteiger partial charge is 0.371 e. The molecule has 18 heavy (non-hydrogen) atoms. The first-order chi connectivity index (χ1) is 8.54. The van der Waals surface area contributed by atoms with Gasteiger partial charge in [-0.3, -0.25) is 4.79 Å². The molecule has 0 aromatic carbocycles. The van der Waals surface area contributed by atoms with Crippen LogP contribution < -0.4 is 16.4 Å². The Labute approximate surface area is 103 Å². The van der Waals surface area contributed by atoms with E-state index in [-0.39, 0.29) is 31.4 Å². The number of amides is 1. The molecule has 0 bridgehead atoms. The van der Waals surface area contributed by atoms with Gasteiger partial charge in [0.25, 0.3) is 0 Å². The normalized spacial score (nSPS) is 10.2. The molecule has 100 valence electrons. The standard InChI is InChI=1S/C10H14F2N4O2/c1-14-9-6(11)4-7(12)10(16-9)15-2-3-18-5-8(13)17/h4H,2-3,5H2,1H3,(H2,13,17)(H2,14,15,16). The minimum Gasteiger partial charge on any atom is -0.371 e. The number of primary amides is 1. The van der Waals surface area contributed by atoms with E-state index < -0.39 is 17.5 Å². The molecule has 0 saturated heterocycles. The molecular formula is C10H14F2N4O2. The Bertz CT molecular complexity index is 429. The SMILES string of the molecule is CNc1nc(NCCOCC(N)=O)c(F)cc1F.